The molecule has 0 aromatic heterocycles. The van der Waals surface area contributed by atoms with Crippen molar-refractivity contribution in [2.24, 2.45) is 0 Å². The van der Waals surface area contributed by atoms with Gasteiger partial charge in [-0.05, 0) is 54.8 Å². The number of aromatic hydroxyl groups is 1. The number of rotatable bonds is 9. The van der Waals surface area contributed by atoms with Crippen LogP contribution in [0.1, 0.15) is 29.7 Å². The van der Waals surface area contributed by atoms with Crippen LogP contribution in [0.4, 0.5) is 4.39 Å². The molecular weight excluding hydrogens is 529 g/mol. The number of nitrogens with zero attached hydrogens (tertiary/aromatic N) is 1. The first-order chi connectivity index (χ1) is 18.7. The number of carbonyl (C=O) groups excluding carboxylic acids is 2. The van der Waals surface area contributed by atoms with Gasteiger partial charge in [-0.25, -0.2) is 4.39 Å². The van der Waals surface area contributed by atoms with E-state index in [-0.39, 0.29) is 58.1 Å². The van der Waals surface area contributed by atoms with Crippen molar-refractivity contribution in [3.63, 3.8) is 0 Å². The second-order valence-corrected chi connectivity index (χ2v) is 9.12. The zero-order chi connectivity index (χ0) is 28.3. The zero-order valence-electron chi connectivity index (χ0n) is 21.5. The van der Waals surface area contributed by atoms with Crippen LogP contribution in [-0.2, 0) is 16.0 Å². The molecular formula is C29H27ClFNO7. The Hall–Kier alpha value is -4.24. The van der Waals surface area contributed by atoms with E-state index in [1.54, 1.807) is 25.1 Å². The SMILES string of the molecule is CCOc1cc(C2/C(=C(\O)c3cc(OC)c(Cl)cc3OC)C(=O)C(=O)N2CCc2ccc(F)cc2)ccc1O. The number of ether oxygens (including phenoxy) is 3. The third-order valence-electron chi connectivity index (χ3n) is 6.42. The van der Waals surface area contributed by atoms with Crippen molar-refractivity contribution in [3.05, 3.63) is 87.7 Å². The molecule has 1 aliphatic heterocycles. The van der Waals surface area contributed by atoms with Crippen molar-refractivity contribution in [2.45, 2.75) is 19.4 Å². The Balaban J connectivity index is 1.88. The van der Waals surface area contributed by atoms with Crippen LogP contribution in [0.25, 0.3) is 5.76 Å². The van der Waals surface area contributed by atoms with E-state index in [1.807, 2.05) is 0 Å². The lowest BCUT2D eigenvalue weighted by atomic mass is 9.94. The Morgan fingerprint density at radius 3 is 2.33 bits per heavy atom. The van der Waals surface area contributed by atoms with Crippen LogP contribution in [0.2, 0.25) is 5.02 Å². The number of likely N-dealkylation sites (tertiary alicyclic amines) is 1. The van der Waals surface area contributed by atoms with Gasteiger partial charge in [0.2, 0.25) is 0 Å². The number of aliphatic hydroxyl groups is 1. The highest BCUT2D eigenvalue weighted by Crippen LogP contribution is 2.44. The van der Waals surface area contributed by atoms with Crippen molar-refractivity contribution in [1.82, 2.24) is 4.90 Å². The highest BCUT2D eigenvalue weighted by atomic mass is 35.5. The molecule has 1 aliphatic rings. The van der Waals surface area contributed by atoms with Crippen LogP contribution in [0.15, 0.2) is 60.2 Å². The number of carbonyl (C=O) groups is 2. The predicted molar refractivity (Wildman–Crippen MR) is 143 cm³/mol. The number of aliphatic hydroxyl groups excluding tert-OH is 1. The highest BCUT2D eigenvalue weighted by molar-refractivity contribution is 6.46. The molecule has 0 aliphatic carbocycles. The largest absolute Gasteiger partial charge is 0.507 e. The molecule has 1 saturated heterocycles. The van der Waals surface area contributed by atoms with E-state index in [2.05, 4.69) is 0 Å². The lowest BCUT2D eigenvalue weighted by Gasteiger charge is -2.26. The van der Waals surface area contributed by atoms with Crippen LogP contribution in [0, 0.1) is 5.82 Å². The van der Waals surface area contributed by atoms with E-state index in [0.29, 0.717) is 12.0 Å². The Kier molecular flexibility index (Phi) is 8.30. The molecule has 1 heterocycles. The Morgan fingerprint density at radius 2 is 1.69 bits per heavy atom. The van der Waals surface area contributed by atoms with Crippen LogP contribution in [-0.4, -0.2) is 54.2 Å². The van der Waals surface area contributed by atoms with E-state index >= 15 is 0 Å². The summed E-state index contributed by atoms with van der Waals surface area (Å²) in [4.78, 5) is 28.1. The van der Waals surface area contributed by atoms with E-state index in [4.69, 9.17) is 25.8 Å². The fourth-order valence-corrected chi connectivity index (χ4v) is 4.75. The maximum atomic E-state index is 13.4. The fraction of sp³-hybridized carbons (Fsp3) is 0.241. The van der Waals surface area contributed by atoms with E-state index in [1.165, 1.54) is 55.5 Å². The summed E-state index contributed by atoms with van der Waals surface area (Å²) in [6.07, 6.45) is 0.318. The molecule has 8 nitrogen and oxygen atoms in total. The van der Waals surface area contributed by atoms with Crippen LogP contribution < -0.4 is 14.2 Å². The molecule has 3 aromatic carbocycles. The maximum absolute atomic E-state index is 13.4. The minimum Gasteiger partial charge on any atom is -0.507 e. The number of phenolic OH excluding ortho intramolecular Hbond substituents is 1. The van der Waals surface area contributed by atoms with Gasteiger partial charge in [-0.2, -0.15) is 0 Å². The Bertz CT molecular complexity index is 1440. The van der Waals surface area contributed by atoms with Gasteiger partial charge in [-0.1, -0.05) is 29.8 Å². The topological polar surface area (TPSA) is 106 Å². The van der Waals surface area contributed by atoms with E-state index in [0.717, 1.165) is 5.56 Å². The van der Waals surface area contributed by atoms with Crippen molar-refractivity contribution >= 4 is 29.1 Å². The predicted octanol–water partition coefficient (Wildman–Crippen LogP) is 5.27. The highest BCUT2D eigenvalue weighted by Gasteiger charge is 2.46. The molecule has 1 atom stereocenters. The molecule has 204 valence electrons. The third-order valence-corrected chi connectivity index (χ3v) is 6.72. The first kappa shape index (κ1) is 27.8. The summed E-state index contributed by atoms with van der Waals surface area (Å²) in [5, 5.41) is 22.0. The maximum Gasteiger partial charge on any atom is 0.295 e. The van der Waals surface area contributed by atoms with Gasteiger partial charge in [-0.15, -0.1) is 0 Å². The van der Waals surface area contributed by atoms with Gasteiger partial charge in [0.25, 0.3) is 11.7 Å². The molecule has 3 aromatic rings. The van der Waals surface area contributed by atoms with Crippen molar-refractivity contribution < 1.29 is 38.4 Å². The molecule has 1 unspecified atom stereocenters. The molecule has 0 radical (unpaired) electrons. The van der Waals surface area contributed by atoms with Crippen molar-refractivity contribution in [1.29, 1.82) is 0 Å². The van der Waals surface area contributed by atoms with Gasteiger partial charge in [0.1, 0.15) is 23.1 Å². The number of ketones is 1. The molecule has 1 amide bonds. The van der Waals surface area contributed by atoms with Gasteiger partial charge in [0.05, 0.1) is 43.0 Å². The first-order valence-electron chi connectivity index (χ1n) is 12.1. The van der Waals surface area contributed by atoms with Gasteiger partial charge >= 0.3 is 0 Å². The second kappa shape index (κ2) is 11.7. The normalized spacial score (nSPS) is 16.4. The summed E-state index contributed by atoms with van der Waals surface area (Å²) in [6.45, 7) is 2.11. The monoisotopic (exact) mass is 555 g/mol. The summed E-state index contributed by atoms with van der Waals surface area (Å²) in [5.74, 6) is -2.18. The minimum atomic E-state index is -1.03. The molecule has 2 N–H and O–H groups in total. The first-order valence-corrected chi connectivity index (χ1v) is 12.5. The Morgan fingerprint density at radius 1 is 1.00 bits per heavy atom. The van der Waals surface area contributed by atoms with Crippen LogP contribution in [0.5, 0.6) is 23.0 Å². The quantitative estimate of drug-likeness (QED) is 0.211. The molecule has 0 spiro atoms. The molecule has 0 bridgehead atoms. The number of benzene rings is 3. The average molecular weight is 556 g/mol. The number of methoxy groups -OCH3 is 2. The summed E-state index contributed by atoms with van der Waals surface area (Å²) in [6, 6.07) is 12.1. The smallest absolute Gasteiger partial charge is 0.295 e. The number of hydrogen-bond acceptors (Lipinski definition) is 7. The van der Waals surface area contributed by atoms with Crippen LogP contribution >= 0.6 is 11.6 Å². The van der Waals surface area contributed by atoms with Crippen LogP contribution in [0.3, 0.4) is 0 Å². The zero-order valence-corrected chi connectivity index (χ0v) is 22.3. The third kappa shape index (κ3) is 5.49. The van der Waals surface area contributed by atoms with Gasteiger partial charge in [0.15, 0.2) is 11.5 Å². The summed E-state index contributed by atoms with van der Waals surface area (Å²) in [7, 11) is 2.78. The summed E-state index contributed by atoms with van der Waals surface area (Å²) in [5.41, 5.74) is 1.09. The number of amides is 1. The lowest BCUT2D eigenvalue weighted by Crippen LogP contribution is -2.31. The molecule has 4 rings (SSSR count). The Labute approximate surface area is 229 Å². The number of Topliss-reactive ketones (excluding diaryl/α,β-unsaturated/α-hetero) is 1. The summed E-state index contributed by atoms with van der Waals surface area (Å²) < 4.78 is 29.6. The minimum absolute atomic E-state index is 0.0869. The van der Waals surface area contributed by atoms with Gasteiger partial charge in [-0.3, -0.25) is 9.59 Å². The number of hydrogen-bond donors (Lipinski definition) is 2. The van der Waals surface area contributed by atoms with E-state index < -0.39 is 23.5 Å². The number of halogens is 2. The molecule has 10 heteroatoms. The molecule has 1 fully saturated rings. The molecule has 0 saturated carbocycles. The fourth-order valence-electron chi connectivity index (χ4n) is 4.52. The van der Waals surface area contributed by atoms with E-state index in [9.17, 15) is 24.2 Å². The van der Waals surface area contributed by atoms with Gasteiger partial charge in [0, 0.05) is 12.6 Å². The summed E-state index contributed by atoms with van der Waals surface area (Å²) >= 11 is 6.22. The lowest BCUT2D eigenvalue weighted by molar-refractivity contribution is -0.139. The van der Waals surface area contributed by atoms with Crippen molar-refractivity contribution in [3.8, 4) is 23.0 Å². The molecule has 39 heavy (non-hydrogen) atoms. The average Bonchev–Trinajstić information content (AvgIpc) is 3.18. The standard InChI is InChI=1S/C29H27ClFNO7/c1-4-39-24-13-17(7-10-21(24)33)26-25(27(34)19-14-23(38-3)20(30)15-22(19)37-2)28(35)29(36)32(26)12-11-16-5-8-18(31)9-6-16/h5-10,13-15,26,33-34H,4,11-12H2,1-3H3/b27-25+. The second-order valence-electron chi connectivity index (χ2n) is 8.72. The van der Waals surface area contributed by atoms with Gasteiger partial charge < -0.3 is 29.3 Å². The van der Waals surface area contributed by atoms with Crippen molar-refractivity contribution in [2.75, 3.05) is 27.4 Å². The number of phenols is 1.